The molecule has 7 heteroatoms. The molecule has 5 nitrogen and oxygen atoms in total. The van der Waals surface area contributed by atoms with Crippen LogP contribution in [0.3, 0.4) is 0 Å². The van der Waals surface area contributed by atoms with Gasteiger partial charge in [0.25, 0.3) is 11.8 Å². The number of halogens is 2. The number of imide groups is 1. The molecular formula is C26H22ClFN2O3. The predicted molar refractivity (Wildman–Crippen MR) is 128 cm³/mol. The topological polar surface area (TPSA) is 58.6 Å². The van der Waals surface area contributed by atoms with Gasteiger partial charge in [-0.2, -0.15) is 0 Å². The molecule has 1 aliphatic rings. The molecule has 0 aromatic heterocycles. The number of hydrogen-bond donors (Lipinski definition) is 1. The van der Waals surface area contributed by atoms with Crippen LogP contribution in [0.1, 0.15) is 24.5 Å². The van der Waals surface area contributed by atoms with E-state index in [0.29, 0.717) is 34.3 Å². The van der Waals surface area contributed by atoms with Crippen LogP contribution in [-0.4, -0.2) is 18.4 Å². The average molecular weight is 465 g/mol. The lowest BCUT2D eigenvalue weighted by atomic mass is 10.0. The van der Waals surface area contributed by atoms with E-state index in [1.54, 1.807) is 36.4 Å². The SMILES string of the molecule is CCCOc1ccccc1N1C(=O)C(Nc2ccc(C)c(Cl)c2)=C(c2ccc(F)cc2)C1=O. The number of benzene rings is 3. The zero-order valence-corrected chi connectivity index (χ0v) is 18.9. The predicted octanol–water partition coefficient (Wildman–Crippen LogP) is 5.97. The Morgan fingerprint density at radius 2 is 1.73 bits per heavy atom. The summed E-state index contributed by atoms with van der Waals surface area (Å²) in [4.78, 5) is 28.2. The third-order valence-corrected chi connectivity index (χ3v) is 5.63. The number of para-hydroxylation sites is 2. The highest BCUT2D eigenvalue weighted by Gasteiger charge is 2.41. The van der Waals surface area contributed by atoms with Gasteiger partial charge in [-0.25, -0.2) is 9.29 Å². The Labute approximate surface area is 196 Å². The van der Waals surface area contributed by atoms with Crippen LogP contribution in [0, 0.1) is 12.7 Å². The lowest BCUT2D eigenvalue weighted by molar-refractivity contribution is -0.120. The number of aryl methyl sites for hydroxylation is 1. The van der Waals surface area contributed by atoms with Crippen molar-refractivity contribution in [2.24, 2.45) is 0 Å². The Morgan fingerprint density at radius 3 is 2.42 bits per heavy atom. The van der Waals surface area contributed by atoms with Crippen LogP contribution in [0.5, 0.6) is 5.75 Å². The Morgan fingerprint density at radius 1 is 1.00 bits per heavy atom. The molecule has 0 aliphatic carbocycles. The van der Waals surface area contributed by atoms with Crippen molar-refractivity contribution in [3.63, 3.8) is 0 Å². The van der Waals surface area contributed by atoms with Gasteiger partial charge in [0.2, 0.25) is 0 Å². The van der Waals surface area contributed by atoms with E-state index < -0.39 is 17.6 Å². The molecule has 3 aromatic rings. The van der Waals surface area contributed by atoms with Gasteiger partial charge in [0, 0.05) is 10.7 Å². The van der Waals surface area contributed by atoms with Crippen molar-refractivity contribution in [2.75, 3.05) is 16.8 Å². The normalized spacial score (nSPS) is 13.6. The highest BCUT2D eigenvalue weighted by atomic mass is 35.5. The summed E-state index contributed by atoms with van der Waals surface area (Å²) in [7, 11) is 0. The maximum atomic E-state index is 13.6. The van der Waals surface area contributed by atoms with E-state index in [9.17, 15) is 14.0 Å². The molecule has 0 unspecified atom stereocenters. The number of carbonyl (C=O) groups excluding carboxylic acids is 2. The minimum Gasteiger partial charge on any atom is -0.491 e. The molecule has 1 heterocycles. The molecule has 3 aromatic carbocycles. The van der Waals surface area contributed by atoms with E-state index in [-0.39, 0.29) is 11.3 Å². The number of anilines is 2. The minimum atomic E-state index is -0.538. The Balaban J connectivity index is 1.81. The van der Waals surface area contributed by atoms with Crippen LogP contribution in [-0.2, 0) is 9.59 Å². The highest BCUT2D eigenvalue weighted by Crippen LogP contribution is 2.38. The largest absolute Gasteiger partial charge is 0.491 e. The number of hydrogen-bond acceptors (Lipinski definition) is 4. The quantitative estimate of drug-likeness (QED) is 0.437. The van der Waals surface area contributed by atoms with Gasteiger partial charge in [-0.05, 0) is 60.9 Å². The number of ether oxygens (including phenoxy) is 1. The molecule has 0 bridgehead atoms. The molecule has 0 spiro atoms. The fourth-order valence-electron chi connectivity index (χ4n) is 3.54. The Bertz CT molecular complexity index is 1250. The van der Waals surface area contributed by atoms with Gasteiger partial charge in [0.05, 0.1) is 17.9 Å². The summed E-state index contributed by atoms with van der Waals surface area (Å²) in [6, 6.07) is 17.6. The summed E-state index contributed by atoms with van der Waals surface area (Å²) in [5.41, 5.74) is 2.43. The van der Waals surface area contributed by atoms with Crippen molar-refractivity contribution in [2.45, 2.75) is 20.3 Å². The number of carbonyl (C=O) groups is 2. The molecule has 1 N–H and O–H groups in total. The number of rotatable bonds is 7. The first-order chi connectivity index (χ1) is 15.9. The number of amides is 2. The first kappa shape index (κ1) is 22.6. The standard InChI is InChI=1S/C26H22ClFN2O3/c1-3-14-33-22-7-5-4-6-21(22)30-25(31)23(17-9-11-18(28)12-10-17)24(26(30)32)29-19-13-8-16(2)20(27)15-19/h4-13,15,29H,3,14H2,1-2H3. The second-order valence-corrected chi connectivity index (χ2v) is 8.01. The van der Waals surface area contributed by atoms with Gasteiger partial charge in [0.15, 0.2) is 0 Å². The summed E-state index contributed by atoms with van der Waals surface area (Å²) in [5.74, 6) is -1.08. The van der Waals surface area contributed by atoms with Crippen molar-refractivity contribution in [3.8, 4) is 5.75 Å². The average Bonchev–Trinajstić information content (AvgIpc) is 3.05. The van der Waals surface area contributed by atoms with Gasteiger partial charge >= 0.3 is 0 Å². The second kappa shape index (κ2) is 9.46. The monoisotopic (exact) mass is 464 g/mol. The fraction of sp³-hybridized carbons (Fsp3) is 0.154. The summed E-state index contributed by atoms with van der Waals surface area (Å²) >= 11 is 6.25. The lowest BCUT2D eigenvalue weighted by Crippen LogP contribution is -2.32. The van der Waals surface area contributed by atoms with E-state index >= 15 is 0 Å². The van der Waals surface area contributed by atoms with Gasteiger partial charge in [-0.15, -0.1) is 0 Å². The maximum absolute atomic E-state index is 13.6. The van der Waals surface area contributed by atoms with E-state index in [4.69, 9.17) is 16.3 Å². The van der Waals surface area contributed by atoms with E-state index in [2.05, 4.69) is 5.32 Å². The van der Waals surface area contributed by atoms with Crippen LogP contribution in [0.4, 0.5) is 15.8 Å². The van der Waals surface area contributed by atoms with Crippen molar-refractivity contribution in [1.29, 1.82) is 0 Å². The molecule has 0 atom stereocenters. The Hall–Kier alpha value is -3.64. The van der Waals surface area contributed by atoms with E-state index in [0.717, 1.165) is 16.9 Å². The van der Waals surface area contributed by atoms with Crippen LogP contribution in [0.25, 0.3) is 5.57 Å². The van der Waals surface area contributed by atoms with Crippen molar-refractivity contribution in [1.82, 2.24) is 0 Å². The van der Waals surface area contributed by atoms with Gasteiger partial charge in [-0.1, -0.05) is 48.9 Å². The highest BCUT2D eigenvalue weighted by molar-refractivity contribution is 6.46. The number of nitrogens with zero attached hydrogens (tertiary/aromatic N) is 1. The van der Waals surface area contributed by atoms with Gasteiger partial charge < -0.3 is 10.1 Å². The van der Waals surface area contributed by atoms with Crippen LogP contribution in [0.15, 0.2) is 72.4 Å². The third kappa shape index (κ3) is 4.47. The molecule has 4 rings (SSSR count). The van der Waals surface area contributed by atoms with Crippen molar-refractivity contribution >= 4 is 40.4 Å². The van der Waals surface area contributed by atoms with E-state index in [1.807, 2.05) is 19.9 Å². The van der Waals surface area contributed by atoms with Gasteiger partial charge in [0.1, 0.15) is 17.3 Å². The lowest BCUT2D eigenvalue weighted by Gasteiger charge is -2.19. The zero-order chi connectivity index (χ0) is 23.5. The van der Waals surface area contributed by atoms with Crippen LogP contribution < -0.4 is 15.0 Å². The molecule has 2 amide bonds. The first-order valence-corrected chi connectivity index (χ1v) is 10.9. The van der Waals surface area contributed by atoms with Gasteiger partial charge in [-0.3, -0.25) is 9.59 Å². The Kier molecular flexibility index (Phi) is 6.47. The molecule has 0 saturated heterocycles. The summed E-state index contributed by atoms with van der Waals surface area (Å²) in [6.45, 7) is 4.28. The molecule has 0 fully saturated rings. The molecule has 168 valence electrons. The molecule has 33 heavy (non-hydrogen) atoms. The van der Waals surface area contributed by atoms with Crippen LogP contribution >= 0.6 is 11.6 Å². The first-order valence-electron chi connectivity index (χ1n) is 10.5. The summed E-state index contributed by atoms with van der Waals surface area (Å²) < 4.78 is 19.3. The summed E-state index contributed by atoms with van der Waals surface area (Å²) in [5, 5.41) is 3.59. The molecule has 0 radical (unpaired) electrons. The maximum Gasteiger partial charge on any atom is 0.282 e. The molecule has 0 saturated carbocycles. The van der Waals surface area contributed by atoms with Crippen molar-refractivity contribution < 1.29 is 18.7 Å². The zero-order valence-electron chi connectivity index (χ0n) is 18.2. The fourth-order valence-corrected chi connectivity index (χ4v) is 3.72. The smallest absolute Gasteiger partial charge is 0.282 e. The molecular weight excluding hydrogens is 443 g/mol. The minimum absolute atomic E-state index is 0.0804. The number of nitrogens with one attached hydrogen (secondary N) is 1. The second-order valence-electron chi connectivity index (χ2n) is 7.61. The third-order valence-electron chi connectivity index (χ3n) is 5.23. The summed E-state index contributed by atoms with van der Waals surface area (Å²) in [6.07, 6.45) is 0.774. The van der Waals surface area contributed by atoms with Crippen molar-refractivity contribution in [3.05, 3.63) is 94.4 Å². The van der Waals surface area contributed by atoms with E-state index in [1.165, 1.54) is 24.3 Å². The molecule has 1 aliphatic heterocycles. The van der Waals surface area contributed by atoms with Crippen LogP contribution in [0.2, 0.25) is 5.02 Å².